The first-order valence-electron chi connectivity index (χ1n) is 11.4. The number of rotatable bonds is 5. The Morgan fingerprint density at radius 2 is 1.81 bits per heavy atom. The number of halogens is 1. The number of fused-ring (bicyclic) bond motifs is 1. The minimum Gasteiger partial charge on any atom is -0.388 e. The molecule has 32 heavy (non-hydrogen) atoms. The van der Waals surface area contributed by atoms with E-state index in [0.29, 0.717) is 50.6 Å². The minimum absolute atomic E-state index is 0. The van der Waals surface area contributed by atoms with Gasteiger partial charge in [-0.3, -0.25) is 4.57 Å². The second-order valence-electron chi connectivity index (χ2n) is 9.31. The lowest BCUT2D eigenvalue weighted by Crippen LogP contribution is -2.49. The zero-order valence-corrected chi connectivity index (χ0v) is 19.8. The third-order valence-corrected chi connectivity index (χ3v) is 6.69. The van der Waals surface area contributed by atoms with Gasteiger partial charge >= 0.3 is 11.7 Å². The molecule has 2 N–H and O–H groups in total. The first kappa shape index (κ1) is 24.8. The Morgan fingerprint density at radius 3 is 2.44 bits per heavy atom. The smallest absolute Gasteiger partial charge is 0.337 e. The summed E-state index contributed by atoms with van der Waals surface area (Å²) in [5, 5.41) is 13.7. The predicted octanol–water partition coefficient (Wildman–Crippen LogP) is 2.62. The summed E-state index contributed by atoms with van der Waals surface area (Å²) in [6, 6.07) is 7.03. The highest BCUT2D eigenvalue weighted by molar-refractivity contribution is 5.89. The van der Waals surface area contributed by atoms with Gasteiger partial charge in [0.25, 0.3) is 0 Å². The highest BCUT2D eigenvalue weighted by atomic mass is 35.5. The number of carbonyl (C=O) groups excluding carboxylic acids is 1. The fourth-order valence-corrected chi connectivity index (χ4v) is 4.85. The van der Waals surface area contributed by atoms with Crippen molar-refractivity contribution in [3.05, 3.63) is 34.7 Å². The van der Waals surface area contributed by atoms with Gasteiger partial charge < -0.3 is 20.1 Å². The molecule has 9 heteroatoms. The minimum atomic E-state index is -0.634. The van der Waals surface area contributed by atoms with E-state index in [9.17, 15) is 14.7 Å². The van der Waals surface area contributed by atoms with Crippen molar-refractivity contribution in [2.75, 3.05) is 39.4 Å². The van der Waals surface area contributed by atoms with Crippen molar-refractivity contribution in [2.24, 2.45) is 5.92 Å². The van der Waals surface area contributed by atoms with Crippen LogP contribution in [-0.2, 0) is 4.74 Å². The van der Waals surface area contributed by atoms with E-state index in [-0.39, 0.29) is 30.2 Å². The number of ether oxygens (including phenoxy) is 1. The van der Waals surface area contributed by atoms with Gasteiger partial charge in [-0.1, -0.05) is 12.1 Å². The molecule has 2 fully saturated rings. The molecule has 0 aliphatic carbocycles. The third kappa shape index (κ3) is 5.20. The summed E-state index contributed by atoms with van der Waals surface area (Å²) in [6.45, 7) is 8.23. The summed E-state index contributed by atoms with van der Waals surface area (Å²) in [4.78, 5) is 28.1. The number of nitrogens with zero attached hydrogens (tertiary/aromatic N) is 3. The summed E-state index contributed by atoms with van der Waals surface area (Å²) in [7, 11) is 0. The molecule has 0 saturated carbocycles. The maximum absolute atomic E-state index is 12.9. The van der Waals surface area contributed by atoms with Gasteiger partial charge in [0.2, 0.25) is 0 Å². The monoisotopic (exact) mass is 466 g/mol. The lowest BCUT2D eigenvalue weighted by molar-refractivity contribution is -0.0829. The predicted molar refractivity (Wildman–Crippen MR) is 127 cm³/mol. The highest BCUT2D eigenvalue weighted by Gasteiger charge is 2.33. The number of hydrogen-bond donors (Lipinski definition) is 2. The Balaban J connectivity index is 0.00000289. The molecule has 1 aromatic heterocycles. The Bertz CT molecular complexity index is 972. The van der Waals surface area contributed by atoms with E-state index in [0.717, 1.165) is 31.4 Å². The van der Waals surface area contributed by atoms with Crippen LogP contribution in [0.4, 0.5) is 4.79 Å². The van der Waals surface area contributed by atoms with E-state index >= 15 is 0 Å². The molecule has 3 heterocycles. The van der Waals surface area contributed by atoms with Crippen molar-refractivity contribution in [1.82, 2.24) is 19.4 Å². The number of benzene rings is 1. The number of imidazole rings is 1. The van der Waals surface area contributed by atoms with Gasteiger partial charge in [0.15, 0.2) is 0 Å². The van der Waals surface area contributed by atoms with Crippen LogP contribution in [0.15, 0.2) is 29.1 Å². The Labute approximate surface area is 194 Å². The molecule has 0 atom stereocenters. The zero-order valence-electron chi connectivity index (χ0n) is 19.0. The molecule has 2 aliphatic rings. The summed E-state index contributed by atoms with van der Waals surface area (Å²) in [6.07, 6.45) is 3.33. The van der Waals surface area contributed by atoms with Crippen LogP contribution in [0, 0.1) is 5.92 Å². The van der Waals surface area contributed by atoms with Gasteiger partial charge in [0, 0.05) is 45.2 Å². The van der Waals surface area contributed by atoms with Crippen LogP contribution in [0.3, 0.4) is 0 Å². The molecule has 1 amide bonds. The van der Waals surface area contributed by atoms with Gasteiger partial charge in [0.05, 0.1) is 16.6 Å². The molecule has 178 valence electrons. The molecule has 4 rings (SSSR count). The number of likely N-dealkylation sites (tertiary alicyclic amines) is 1. The Hall–Kier alpha value is -1.87. The molecular formula is C23H35ClN4O4. The summed E-state index contributed by atoms with van der Waals surface area (Å²) in [5.41, 5.74) is 0.480. The topological polar surface area (TPSA) is 88.7 Å². The van der Waals surface area contributed by atoms with Gasteiger partial charge in [-0.2, -0.15) is 0 Å². The van der Waals surface area contributed by atoms with Crippen LogP contribution in [0.5, 0.6) is 0 Å². The maximum Gasteiger partial charge on any atom is 0.337 e. The lowest BCUT2D eigenvalue weighted by atomic mass is 9.91. The lowest BCUT2D eigenvalue weighted by Gasteiger charge is -2.39. The molecule has 2 saturated heterocycles. The molecule has 2 aromatic rings. The van der Waals surface area contributed by atoms with Gasteiger partial charge in [-0.15, -0.1) is 12.4 Å². The number of amides is 1. The van der Waals surface area contributed by atoms with Crippen molar-refractivity contribution >= 4 is 29.5 Å². The van der Waals surface area contributed by atoms with Crippen molar-refractivity contribution in [3.63, 3.8) is 0 Å². The summed E-state index contributed by atoms with van der Waals surface area (Å²) >= 11 is 0. The number of β-amino-alcohol motifs (C(OH)–C–C–N with tert-alkyl or cyclic N) is 1. The molecule has 0 unspecified atom stereocenters. The fourth-order valence-electron chi connectivity index (χ4n) is 4.85. The first-order valence-corrected chi connectivity index (χ1v) is 11.4. The van der Waals surface area contributed by atoms with E-state index in [1.54, 1.807) is 4.57 Å². The van der Waals surface area contributed by atoms with E-state index in [2.05, 4.69) is 10.2 Å². The fraction of sp³-hybridized carbons (Fsp3) is 0.652. The highest BCUT2D eigenvalue weighted by Crippen LogP contribution is 2.25. The molecular weight excluding hydrogens is 432 g/mol. The van der Waals surface area contributed by atoms with E-state index in [4.69, 9.17) is 4.74 Å². The number of piperidine rings is 1. The standard InChI is InChI=1S/C23H34N4O4.ClH/c1-17(2)26-19-5-3-4-6-20(19)27(22(26)29)21(28)24-15-18-7-11-25(12-8-18)16-23(30)9-13-31-14-10-23;/h3-6,17-18,30H,7-16H2,1-2H3,(H,24,28);1H. The van der Waals surface area contributed by atoms with Gasteiger partial charge in [0.1, 0.15) is 0 Å². The molecule has 2 aliphatic heterocycles. The Morgan fingerprint density at radius 1 is 1.19 bits per heavy atom. The molecule has 1 aromatic carbocycles. The van der Waals surface area contributed by atoms with Crippen LogP contribution in [0.1, 0.15) is 45.6 Å². The van der Waals surface area contributed by atoms with Crippen molar-refractivity contribution in [2.45, 2.75) is 51.2 Å². The quantitative estimate of drug-likeness (QED) is 0.707. The number of nitrogens with one attached hydrogen (secondary N) is 1. The normalized spacial score (nSPS) is 19.8. The molecule has 0 spiro atoms. The van der Waals surface area contributed by atoms with Crippen LogP contribution >= 0.6 is 12.4 Å². The van der Waals surface area contributed by atoms with Gasteiger partial charge in [-0.25, -0.2) is 14.2 Å². The second-order valence-corrected chi connectivity index (χ2v) is 9.31. The number of aliphatic hydroxyl groups is 1. The number of carbonyl (C=O) groups is 1. The van der Waals surface area contributed by atoms with E-state index in [1.165, 1.54) is 4.57 Å². The van der Waals surface area contributed by atoms with Crippen molar-refractivity contribution < 1.29 is 14.6 Å². The van der Waals surface area contributed by atoms with E-state index < -0.39 is 5.60 Å². The summed E-state index contributed by atoms with van der Waals surface area (Å²) in [5.74, 6) is 0.374. The SMILES string of the molecule is CC(C)n1c(=O)n(C(=O)NCC2CCN(CC3(O)CCOCC3)CC2)c2ccccc21.Cl. The number of aromatic nitrogens is 2. The van der Waals surface area contributed by atoms with Crippen molar-refractivity contribution in [1.29, 1.82) is 0 Å². The first-order chi connectivity index (χ1) is 14.9. The zero-order chi connectivity index (χ0) is 22.0. The van der Waals surface area contributed by atoms with Crippen LogP contribution in [-0.4, -0.2) is 70.2 Å². The average molecular weight is 467 g/mol. The van der Waals surface area contributed by atoms with Crippen LogP contribution in [0.2, 0.25) is 0 Å². The van der Waals surface area contributed by atoms with Crippen LogP contribution in [0.25, 0.3) is 11.0 Å². The van der Waals surface area contributed by atoms with Crippen molar-refractivity contribution in [3.8, 4) is 0 Å². The third-order valence-electron chi connectivity index (χ3n) is 6.69. The average Bonchev–Trinajstić information content (AvgIpc) is 3.05. The van der Waals surface area contributed by atoms with Crippen LogP contribution < -0.4 is 11.0 Å². The Kier molecular flexibility index (Phi) is 8.03. The summed E-state index contributed by atoms with van der Waals surface area (Å²) < 4.78 is 8.28. The second kappa shape index (κ2) is 10.4. The van der Waals surface area contributed by atoms with E-state index in [1.807, 2.05) is 38.1 Å². The molecule has 0 radical (unpaired) electrons. The maximum atomic E-state index is 12.9. The number of para-hydroxylation sites is 2. The number of hydrogen-bond acceptors (Lipinski definition) is 5. The molecule has 0 bridgehead atoms. The molecule has 8 nitrogen and oxygen atoms in total. The van der Waals surface area contributed by atoms with Gasteiger partial charge in [-0.05, 0) is 57.8 Å². The largest absolute Gasteiger partial charge is 0.388 e.